The summed E-state index contributed by atoms with van der Waals surface area (Å²) in [5, 5.41) is 1.36. The van der Waals surface area contributed by atoms with Crippen molar-refractivity contribution in [2.45, 2.75) is 56.5 Å². The highest BCUT2D eigenvalue weighted by molar-refractivity contribution is 7.99. The molecule has 94 valence electrons. The minimum atomic E-state index is 0.292. The molecule has 1 aromatic rings. The van der Waals surface area contributed by atoms with Gasteiger partial charge < -0.3 is 5.73 Å². The number of thioether (sulfide) groups is 1. The Morgan fingerprint density at radius 3 is 2.53 bits per heavy atom. The third-order valence-corrected chi connectivity index (χ3v) is 4.56. The molecule has 0 amide bonds. The van der Waals surface area contributed by atoms with Crippen LogP contribution in [0.4, 0.5) is 0 Å². The van der Waals surface area contributed by atoms with E-state index < -0.39 is 0 Å². The monoisotopic (exact) mass is 251 g/mol. The average Bonchev–Trinajstić information content (AvgIpc) is 2.22. The largest absolute Gasteiger partial charge is 0.327 e. The zero-order chi connectivity index (χ0) is 12.4. The Morgan fingerprint density at radius 1 is 1.24 bits per heavy atom. The van der Waals surface area contributed by atoms with Gasteiger partial charge in [-0.2, -0.15) is 0 Å². The van der Waals surface area contributed by atoms with Crippen LogP contribution in [0.2, 0.25) is 0 Å². The van der Waals surface area contributed by atoms with Gasteiger partial charge in [0.2, 0.25) is 0 Å². The van der Waals surface area contributed by atoms with Crippen LogP contribution in [-0.2, 0) is 0 Å². The van der Waals surface area contributed by atoms with Gasteiger partial charge in [0, 0.05) is 22.7 Å². The fourth-order valence-electron chi connectivity index (χ4n) is 2.37. The maximum Gasteiger partial charge on any atom is 0.188 e. The van der Waals surface area contributed by atoms with E-state index in [4.69, 9.17) is 5.73 Å². The Balaban J connectivity index is 2.08. The first-order valence-electron chi connectivity index (χ1n) is 6.29. The Labute approximate surface area is 108 Å². The van der Waals surface area contributed by atoms with Crippen molar-refractivity contribution in [2.24, 2.45) is 11.7 Å². The second kappa shape index (κ2) is 5.36. The molecule has 1 saturated carbocycles. The lowest BCUT2D eigenvalue weighted by Gasteiger charge is -2.31. The van der Waals surface area contributed by atoms with Crippen molar-refractivity contribution in [1.82, 2.24) is 9.97 Å². The third kappa shape index (κ3) is 3.42. The zero-order valence-electron chi connectivity index (χ0n) is 10.8. The van der Waals surface area contributed by atoms with Crippen LogP contribution >= 0.6 is 11.8 Å². The van der Waals surface area contributed by atoms with Gasteiger partial charge in [-0.1, -0.05) is 18.7 Å². The Morgan fingerprint density at radius 2 is 1.88 bits per heavy atom. The van der Waals surface area contributed by atoms with Gasteiger partial charge in [-0.15, -0.1) is 0 Å². The molecule has 0 aromatic carbocycles. The molecule has 1 fully saturated rings. The summed E-state index contributed by atoms with van der Waals surface area (Å²) in [5.74, 6) is 0.776. The van der Waals surface area contributed by atoms with Gasteiger partial charge in [-0.25, -0.2) is 9.97 Å². The lowest BCUT2D eigenvalue weighted by atomic mass is 9.87. The summed E-state index contributed by atoms with van der Waals surface area (Å²) in [7, 11) is 0. The molecule has 2 rings (SSSR count). The number of hydrogen-bond acceptors (Lipinski definition) is 4. The molecule has 0 radical (unpaired) electrons. The van der Waals surface area contributed by atoms with E-state index in [2.05, 4.69) is 16.9 Å². The van der Waals surface area contributed by atoms with Crippen LogP contribution in [0.3, 0.4) is 0 Å². The summed E-state index contributed by atoms with van der Waals surface area (Å²) in [5.41, 5.74) is 8.27. The van der Waals surface area contributed by atoms with E-state index in [0.717, 1.165) is 28.9 Å². The quantitative estimate of drug-likeness (QED) is 0.821. The highest BCUT2D eigenvalue weighted by atomic mass is 32.2. The van der Waals surface area contributed by atoms with Crippen LogP contribution in [0.15, 0.2) is 11.2 Å². The van der Waals surface area contributed by atoms with Crippen LogP contribution in [0, 0.1) is 19.8 Å². The number of hydrogen-bond donors (Lipinski definition) is 1. The highest BCUT2D eigenvalue weighted by Crippen LogP contribution is 2.34. The van der Waals surface area contributed by atoms with Crippen molar-refractivity contribution in [3.8, 4) is 0 Å². The molecule has 0 saturated heterocycles. The lowest BCUT2D eigenvalue weighted by molar-refractivity contribution is 0.357. The summed E-state index contributed by atoms with van der Waals surface area (Å²) in [6.07, 6.45) is 3.57. The molecular formula is C13H21N3S. The second-order valence-corrected chi connectivity index (χ2v) is 6.38. The molecule has 0 spiro atoms. The first kappa shape index (κ1) is 12.8. The molecule has 0 bridgehead atoms. The summed E-state index contributed by atoms with van der Waals surface area (Å²) in [6, 6.07) is 2.30. The van der Waals surface area contributed by atoms with Crippen LogP contribution in [0.1, 0.15) is 37.6 Å². The Hall–Kier alpha value is -0.610. The van der Waals surface area contributed by atoms with Crippen molar-refractivity contribution < 1.29 is 0 Å². The van der Waals surface area contributed by atoms with Gasteiger partial charge in [-0.05, 0) is 45.1 Å². The number of rotatable bonds is 2. The SMILES string of the molecule is Cc1cc(C)nc(SC2CC(C)CCC2N)n1. The van der Waals surface area contributed by atoms with Gasteiger partial charge in [0.05, 0.1) is 0 Å². The molecule has 3 atom stereocenters. The molecule has 1 aliphatic rings. The minimum Gasteiger partial charge on any atom is -0.327 e. The zero-order valence-corrected chi connectivity index (χ0v) is 11.6. The first-order chi connectivity index (χ1) is 8.04. The molecule has 0 aliphatic heterocycles. The van der Waals surface area contributed by atoms with E-state index in [1.807, 2.05) is 19.9 Å². The van der Waals surface area contributed by atoms with Crippen LogP contribution in [0.5, 0.6) is 0 Å². The molecule has 1 aliphatic carbocycles. The van der Waals surface area contributed by atoms with Crippen LogP contribution in [-0.4, -0.2) is 21.3 Å². The van der Waals surface area contributed by atoms with E-state index in [9.17, 15) is 0 Å². The van der Waals surface area contributed by atoms with Gasteiger partial charge in [-0.3, -0.25) is 0 Å². The Bertz CT molecular complexity index is 374. The number of nitrogens with two attached hydrogens (primary N) is 1. The van der Waals surface area contributed by atoms with Gasteiger partial charge in [0.15, 0.2) is 5.16 Å². The van der Waals surface area contributed by atoms with E-state index >= 15 is 0 Å². The standard InChI is InChI=1S/C13H21N3S/c1-8-4-5-11(14)12(6-8)17-13-15-9(2)7-10(3)16-13/h7-8,11-12H,4-6,14H2,1-3H3. The lowest BCUT2D eigenvalue weighted by Crippen LogP contribution is -2.37. The number of aryl methyl sites for hydroxylation is 2. The van der Waals surface area contributed by atoms with E-state index in [-0.39, 0.29) is 0 Å². The molecule has 2 N–H and O–H groups in total. The minimum absolute atomic E-state index is 0.292. The fraction of sp³-hybridized carbons (Fsp3) is 0.692. The Kier molecular flexibility index (Phi) is 4.05. The number of nitrogens with zero attached hydrogens (tertiary/aromatic N) is 2. The number of aromatic nitrogens is 2. The van der Waals surface area contributed by atoms with Crippen LogP contribution < -0.4 is 5.73 Å². The molecule has 3 unspecified atom stereocenters. The summed E-state index contributed by atoms with van der Waals surface area (Å²) < 4.78 is 0. The van der Waals surface area contributed by atoms with E-state index in [1.165, 1.54) is 12.8 Å². The maximum atomic E-state index is 6.19. The van der Waals surface area contributed by atoms with Gasteiger partial charge in [0.25, 0.3) is 0 Å². The topological polar surface area (TPSA) is 51.8 Å². The van der Waals surface area contributed by atoms with Crippen molar-refractivity contribution in [3.63, 3.8) is 0 Å². The van der Waals surface area contributed by atoms with Crippen molar-refractivity contribution in [3.05, 3.63) is 17.5 Å². The fourth-order valence-corrected chi connectivity index (χ4v) is 3.77. The smallest absolute Gasteiger partial charge is 0.188 e. The van der Waals surface area contributed by atoms with E-state index in [1.54, 1.807) is 11.8 Å². The third-order valence-electron chi connectivity index (χ3n) is 3.32. The first-order valence-corrected chi connectivity index (χ1v) is 7.17. The second-order valence-electron chi connectivity index (χ2n) is 5.17. The molecule has 1 heterocycles. The summed E-state index contributed by atoms with van der Waals surface area (Å²) >= 11 is 1.76. The highest BCUT2D eigenvalue weighted by Gasteiger charge is 2.27. The molecule has 1 aromatic heterocycles. The van der Waals surface area contributed by atoms with Gasteiger partial charge >= 0.3 is 0 Å². The molecule has 3 nitrogen and oxygen atoms in total. The van der Waals surface area contributed by atoms with Gasteiger partial charge in [0.1, 0.15) is 0 Å². The van der Waals surface area contributed by atoms with Crippen molar-refractivity contribution in [1.29, 1.82) is 0 Å². The average molecular weight is 251 g/mol. The van der Waals surface area contributed by atoms with Crippen molar-refractivity contribution >= 4 is 11.8 Å². The van der Waals surface area contributed by atoms with Crippen molar-refractivity contribution in [2.75, 3.05) is 0 Å². The molecule has 17 heavy (non-hydrogen) atoms. The predicted octanol–water partition coefficient (Wildman–Crippen LogP) is 2.70. The summed E-state index contributed by atoms with van der Waals surface area (Å²) in [4.78, 5) is 8.97. The molecular weight excluding hydrogens is 230 g/mol. The normalized spacial score (nSPS) is 29.3. The predicted molar refractivity (Wildman–Crippen MR) is 72.1 cm³/mol. The van der Waals surface area contributed by atoms with Crippen LogP contribution in [0.25, 0.3) is 0 Å². The van der Waals surface area contributed by atoms with E-state index in [0.29, 0.717) is 11.3 Å². The maximum absolute atomic E-state index is 6.19. The summed E-state index contributed by atoms with van der Waals surface area (Å²) in [6.45, 7) is 6.34. The molecule has 4 heteroatoms.